The van der Waals surface area contributed by atoms with E-state index in [1.54, 1.807) is 0 Å². The van der Waals surface area contributed by atoms with Gasteiger partial charge in [0.05, 0.1) is 5.60 Å². The molecular formula is C18H24O. The van der Waals surface area contributed by atoms with Crippen molar-refractivity contribution in [1.29, 1.82) is 0 Å². The van der Waals surface area contributed by atoms with Gasteiger partial charge < -0.3 is 4.74 Å². The molecule has 0 spiro atoms. The van der Waals surface area contributed by atoms with Gasteiger partial charge >= 0.3 is 0 Å². The molecule has 0 saturated heterocycles. The molecule has 2 unspecified atom stereocenters. The highest BCUT2D eigenvalue weighted by Gasteiger charge is 2.29. The van der Waals surface area contributed by atoms with E-state index >= 15 is 0 Å². The number of hydrogen-bond donors (Lipinski definition) is 0. The zero-order valence-corrected chi connectivity index (χ0v) is 12.2. The maximum absolute atomic E-state index is 5.80. The molecule has 0 aromatic heterocycles. The Kier molecular flexibility index (Phi) is 4.60. The molecule has 0 radical (unpaired) electrons. The van der Waals surface area contributed by atoms with Crippen molar-refractivity contribution in [1.82, 2.24) is 0 Å². The van der Waals surface area contributed by atoms with Crippen LogP contribution < -0.4 is 0 Å². The fourth-order valence-electron chi connectivity index (χ4n) is 2.63. The van der Waals surface area contributed by atoms with Gasteiger partial charge in [-0.05, 0) is 29.9 Å². The van der Waals surface area contributed by atoms with Crippen molar-refractivity contribution >= 4 is 5.57 Å². The first kappa shape index (κ1) is 14.1. The number of benzene rings is 1. The highest BCUT2D eigenvalue weighted by molar-refractivity contribution is 5.75. The Bertz CT molecular complexity index is 458. The highest BCUT2D eigenvalue weighted by Crippen LogP contribution is 2.34. The summed E-state index contributed by atoms with van der Waals surface area (Å²) in [6, 6.07) is 10.5. The molecule has 1 aliphatic carbocycles. The monoisotopic (exact) mass is 256 g/mol. The third-order valence-corrected chi connectivity index (χ3v) is 4.14. The minimum absolute atomic E-state index is 0.103. The first-order valence-electron chi connectivity index (χ1n) is 7.19. The minimum Gasteiger partial charge on any atom is -0.374 e. The summed E-state index contributed by atoms with van der Waals surface area (Å²) < 4.78 is 5.80. The topological polar surface area (TPSA) is 9.23 Å². The third kappa shape index (κ3) is 3.36. The van der Waals surface area contributed by atoms with Gasteiger partial charge in [0.25, 0.3) is 0 Å². The first-order chi connectivity index (χ1) is 9.19. The van der Waals surface area contributed by atoms with Crippen LogP contribution in [0.3, 0.4) is 0 Å². The Morgan fingerprint density at radius 2 is 2.00 bits per heavy atom. The quantitative estimate of drug-likeness (QED) is 0.731. The number of ether oxygens (including phenoxy) is 1. The van der Waals surface area contributed by atoms with E-state index < -0.39 is 0 Å². The smallest absolute Gasteiger partial charge is 0.0899 e. The van der Waals surface area contributed by atoms with Gasteiger partial charge in [-0.25, -0.2) is 0 Å². The van der Waals surface area contributed by atoms with Gasteiger partial charge in [-0.15, -0.1) is 0 Å². The van der Waals surface area contributed by atoms with Crippen molar-refractivity contribution < 1.29 is 4.74 Å². The summed E-state index contributed by atoms with van der Waals surface area (Å²) in [5, 5.41) is 0. The summed E-state index contributed by atoms with van der Waals surface area (Å²) >= 11 is 0. The molecule has 0 amide bonds. The van der Waals surface area contributed by atoms with Crippen molar-refractivity contribution in [2.24, 2.45) is 5.92 Å². The standard InChI is InChI=1S/C18H24O/c1-4-15(2)14-18(19-3)12-10-17(11-13-18)16-8-6-5-7-9-16/h5-12,15H,4,13-14H2,1-3H3. The van der Waals surface area contributed by atoms with E-state index in [0.717, 1.165) is 12.8 Å². The maximum atomic E-state index is 5.80. The van der Waals surface area contributed by atoms with Gasteiger partial charge in [0.1, 0.15) is 0 Å². The Hall–Kier alpha value is -1.34. The lowest BCUT2D eigenvalue weighted by Crippen LogP contribution is -2.32. The minimum atomic E-state index is -0.103. The Morgan fingerprint density at radius 1 is 1.26 bits per heavy atom. The SMILES string of the molecule is CCC(C)CC1(OC)C=CC(c2ccccc2)=CC1. The van der Waals surface area contributed by atoms with E-state index in [4.69, 9.17) is 4.74 Å². The molecule has 0 saturated carbocycles. The lowest BCUT2D eigenvalue weighted by atomic mass is 9.82. The van der Waals surface area contributed by atoms with Crippen LogP contribution in [0, 0.1) is 5.92 Å². The third-order valence-electron chi connectivity index (χ3n) is 4.14. The van der Waals surface area contributed by atoms with Gasteiger partial charge in [0, 0.05) is 7.11 Å². The second-order valence-corrected chi connectivity index (χ2v) is 5.55. The van der Waals surface area contributed by atoms with E-state index in [1.807, 2.05) is 7.11 Å². The normalized spacial score (nSPS) is 24.1. The second-order valence-electron chi connectivity index (χ2n) is 5.55. The van der Waals surface area contributed by atoms with E-state index in [2.05, 4.69) is 62.4 Å². The van der Waals surface area contributed by atoms with Crippen molar-refractivity contribution in [2.75, 3.05) is 7.11 Å². The molecular weight excluding hydrogens is 232 g/mol. The molecule has 0 aliphatic heterocycles. The summed E-state index contributed by atoms with van der Waals surface area (Å²) in [7, 11) is 1.83. The Balaban J connectivity index is 2.12. The van der Waals surface area contributed by atoms with Crippen LogP contribution in [0.5, 0.6) is 0 Å². The average molecular weight is 256 g/mol. The molecule has 0 N–H and O–H groups in total. The summed E-state index contributed by atoms with van der Waals surface area (Å²) in [6.45, 7) is 4.54. The Morgan fingerprint density at radius 3 is 2.53 bits per heavy atom. The van der Waals surface area contributed by atoms with Crippen molar-refractivity contribution in [3.8, 4) is 0 Å². The van der Waals surface area contributed by atoms with Gasteiger partial charge in [0.2, 0.25) is 0 Å². The largest absolute Gasteiger partial charge is 0.374 e. The summed E-state index contributed by atoms with van der Waals surface area (Å²) in [5.41, 5.74) is 2.48. The number of methoxy groups -OCH3 is 1. The zero-order chi connectivity index (χ0) is 13.7. The fraction of sp³-hybridized carbons (Fsp3) is 0.444. The lowest BCUT2D eigenvalue weighted by molar-refractivity contribution is 0.0146. The van der Waals surface area contributed by atoms with E-state index in [9.17, 15) is 0 Å². The van der Waals surface area contributed by atoms with Crippen LogP contribution in [0.25, 0.3) is 5.57 Å². The fourth-order valence-corrected chi connectivity index (χ4v) is 2.63. The van der Waals surface area contributed by atoms with Gasteiger partial charge in [-0.1, -0.05) is 68.8 Å². The van der Waals surface area contributed by atoms with Crippen molar-refractivity contribution in [2.45, 2.75) is 38.7 Å². The second kappa shape index (κ2) is 6.21. The Labute approximate surface area is 117 Å². The van der Waals surface area contributed by atoms with E-state index in [1.165, 1.54) is 17.6 Å². The molecule has 102 valence electrons. The molecule has 19 heavy (non-hydrogen) atoms. The molecule has 0 bridgehead atoms. The van der Waals surface area contributed by atoms with Crippen LogP contribution in [0.4, 0.5) is 0 Å². The van der Waals surface area contributed by atoms with Crippen LogP contribution in [-0.2, 0) is 4.74 Å². The molecule has 1 aliphatic rings. The molecule has 1 aromatic carbocycles. The molecule has 2 atom stereocenters. The van der Waals surface area contributed by atoms with E-state index in [-0.39, 0.29) is 5.60 Å². The summed E-state index contributed by atoms with van der Waals surface area (Å²) in [4.78, 5) is 0. The highest BCUT2D eigenvalue weighted by atomic mass is 16.5. The summed E-state index contributed by atoms with van der Waals surface area (Å²) in [6.07, 6.45) is 10.0. The van der Waals surface area contributed by atoms with Crippen LogP contribution in [0.1, 0.15) is 38.7 Å². The van der Waals surface area contributed by atoms with Gasteiger partial charge in [-0.3, -0.25) is 0 Å². The van der Waals surface area contributed by atoms with Crippen LogP contribution in [-0.4, -0.2) is 12.7 Å². The first-order valence-corrected chi connectivity index (χ1v) is 7.19. The van der Waals surface area contributed by atoms with Crippen LogP contribution in [0.15, 0.2) is 48.6 Å². The molecule has 1 nitrogen and oxygen atoms in total. The molecule has 0 heterocycles. The lowest BCUT2D eigenvalue weighted by Gasteiger charge is -2.33. The molecule has 1 aromatic rings. The molecule has 0 fully saturated rings. The zero-order valence-electron chi connectivity index (χ0n) is 12.2. The van der Waals surface area contributed by atoms with Crippen molar-refractivity contribution in [3.63, 3.8) is 0 Å². The molecule has 1 heteroatoms. The van der Waals surface area contributed by atoms with Crippen molar-refractivity contribution in [3.05, 3.63) is 54.1 Å². The number of rotatable bonds is 5. The predicted molar refractivity (Wildman–Crippen MR) is 82.0 cm³/mol. The van der Waals surface area contributed by atoms with Crippen LogP contribution in [0.2, 0.25) is 0 Å². The van der Waals surface area contributed by atoms with Gasteiger partial charge in [0.15, 0.2) is 0 Å². The summed E-state index contributed by atoms with van der Waals surface area (Å²) in [5.74, 6) is 0.691. The predicted octanol–water partition coefficient (Wildman–Crippen LogP) is 4.85. The maximum Gasteiger partial charge on any atom is 0.0899 e. The number of hydrogen-bond acceptors (Lipinski definition) is 1. The van der Waals surface area contributed by atoms with E-state index in [0.29, 0.717) is 5.92 Å². The van der Waals surface area contributed by atoms with Gasteiger partial charge in [-0.2, -0.15) is 0 Å². The molecule has 2 rings (SSSR count). The number of allylic oxidation sites excluding steroid dienone is 2. The van der Waals surface area contributed by atoms with Crippen LogP contribution >= 0.6 is 0 Å². The average Bonchev–Trinajstić information content (AvgIpc) is 2.48.